The van der Waals surface area contributed by atoms with E-state index < -0.39 is 5.82 Å². The SMILES string of the molecule is COc1ccc(Cl)cc1Nc1cc(F)c(Br)cc1N. The van der Waals surface area contributed by atoms with Crippen molar-refractivity contribution in [1.82, 2.24) is 0 Å². The predicted molar refractivity (Wildman–Crippen MR) is 79.8 cm³/mol. The second-order valence-corrected chi connectivity index (χ2v) is 5.11. The molecule has 0 spiro atoms. The number of rotatable bonds is 3. The van der Waals surface area contributed by atoms with Gasteiger partial charge in [0.25, 0.3) is 0 Å². The molecule has 0 heterocycles. The summed E-state index contributed by atoms with van der Waals surface area (Å²) in [6.07, 6.45) is 0. The van der Waals surface area contributed by atoms with Gasteiger partial charge < -0.3 is 15.8 Å². The summed E-state index contributed by atoms with van der Waals surface area (Å²) in [5, 5.41) is 3.55. The third-order valence-electron chi connectivity index (χ3n) is 2.52. The molecule has 2 aromatic rings. The summed E-state index contributed by atoms with van der Waals surface area (Å²) in [7, 11) is 1.54. The van der Waals surface area contributed by atoms with Gasteiger partial charge in [-0.25, -0.2) is 4.39 Å². The molecule has 0 atom stereocenters. The molecular formula is C13H11BrClFN2O. The number of ether oxygens (including phenoxy) is 1. The zero-order valence-corrected chi connectivity index (χ0v) is 12.3. The molecule has 0 bridgehead atoms. The van der Waals surface area contributed by atoms with E-state index in [-0.39, 0.29) is 0 Å². The van der Waals surface area contributed by atoms with Gasteiger partial charge in [0.05, 0.1) is 28.6 Å². The monoisotopic (exact) mass is 344 g/mol. The Morgan fingerprint density at radius 3 is 2.68 bits per heavy atom. The largest absolute Gasteiger partial charge is 0.495 e. The Bertz CT molecular complexity index is 622. The number of hydrogen-bond acceptors (Lipinski definition) is 3. The topological polar surface area (TPSA) is 47.3 Å². The lowest BCUT2D eigenvalue weighted by molar-refractivity contribution is 0.417. The van der Waals surface area contributed by atoms with E-state index in [0.717, 1.165) is 0 Å². The predicted octanol–water partition coefficient (Wildman–Crippen LogP) is 4.58. The van der Waals surface area contributed by atoms with Crippen LogP contribution in [-0.2, 0) is 0 Å². The van der Waals surface area contributed by atoms with Crippen molar-refractivity contribution in [3.8, 4) is 5.75 Å². The van der Waals surface area contributed by atoms with Crippen LogP contribution in [0, 0.1) is 5.82 Å². The van der Waals surface area contributed by atoms with Gasteiger partial charge in [-0.05, 0) is 40.2 Å². The molecule has 0 aliphatic heterocycles. The molecule has 6 heteroatoms. The van der Waals surface area contributed by atoms with Gasteiger partial charge in [0.15, 0.2) is 0 Å². The molecule has 0 saturated heterocycles. The summed E-state index contributed by atoms with van der Waals surface area (Å²) >= 11 is 9.00. The first kappa shape index (κ1) is 14.0. The number of nitrogen functional groups attached to an aromatic ring is 1. The van der Waals surface area contributed by atoms with E-state index in [1.807, 2.05) is 0 Å². The van der Waals surface area contributed by atoms with Crippen LogP contribution >= 0.6 is 27.5 Å². The summed E-state index contributed by atoms with van der Waals surface area (Å²) in [6.45, 7) is 0. The van der Waals surface area contributed by atoms with Crippen LogP contribution in [0.5, 0.6) is 5.75 Å². The minimum absolute atomic E-state index is 0.314. The zero-order valence-electron chi connectivity index (χ0n) is 10.0. The Kier molecular flexibility index (Phi) is 4.17. The van der Waals surface area contributed by atoms with E-state index in [1.165, 1.54) is 12.1 Å². The van der Waals surface area contributed by atoms with E-state index >= 15 is 0 Å². The van der Waals surface area contributed by atoms with Crippen molar-refractivity contribution in [2.75, 3.05) is 18.2 Å². The number of methoxy groups -OCH3 is 1. The van der Waals surface area contributed by atoms with Crippen molar-refractivity contribution in [1.29, 1.82) is 0 Å². The minimum Gasteiger partial charge on any atom is -0.495 e. The lowest BCUT2D eigenvalue weighted by atomic mass is 10.2. The van der Waals surface area contributed by atoms with Crippen molar-refractivity contribution in [2.45, 2.75) is 0 Å². The average molecular weight is 346 g/mol. The fourth-order valence-electron chi connectivity index (χ4n) is 1.59. The van der Waals surface area contributed by atoms with Crippen molar-refractivity contribution in [3.05, 3.63) is 45.6 Å². The Labute approximate surface area is 123 Å². The van der Waals surface area contributed by atoms with Crippen LogP contribution in [0.4, 0.5) is 21.5 Å². The number of halogens is 3. The number of nitrogens with one attached hydrogen (secondary N) is 1. The van der Waals surface area contributed by atoms with Gasteiger partial charge in [0, 0.05) is 11.1 Å². The van der Waals surface area contributed by atoms with Crippen LogP contribution in [0.3, 0.4) is 0 Å². The molecule has 0 unspecified atom stereocenters. The van der Waals surface area contributed by atoms with E-state index in [2.05, 4.69) is 21.2 Å². The third-order valence-corrected chi connectivity index (χ3v) is 3.37. The maximum atomic E-state index is 13.5. The molecule has 19 heavy (non-hydrogen) atoms. The minimum atomic E-state index is -0.405. The second kappa shape index (κ2) is 5.67. The van der Waals surface area contributed by atoms with E-state index in [0.29, 0.717) is 32.3 Å². The number of anilines is 3. The zero-order chi connectivity index (χ0) is 14.0. The summed E-state index contributed by atoms with van der Waals surface area (Å²) in [6, 6.07) is 7.90. The maximum Gasteiger partial charge on any atom is 0.142 e. The van der Waals surface area contributed by atoms with E-state index in [9.17, 15) is 4.39 Å². The van der Waals surface area contributed by atoms with Gasteiger partial charge in [-0.1, -0.05) is 11.6 Å². The highest BCUT2D eigenvalue weighted by atomic mass is 79.9. The Morgan fingerprint density at radius 2 is 2.00 bits per heavy atom. The molecule has 0 saturated carbocycles. The van der Waals surface area contributed by atoms with Crippen molar-refractivity contribution in [3.63, 3.8) is 0 Å². The highest BCUT2D eigenvalue weighted by molar-refractivity contribution is 9.10. The Balaban J connectivity index is 2.41. The average Bonchev–Trinajstić information content (AvgIpc) is 2.36. The number of nitrogens with two attached hydrogens (primary N) is 1. The van der Waals surface area contributed by atoms with Gasteiger partial charge in [0.1, 0.15) is 11.6 Å². The first-order valence-electron chi connectivity index (χ1n) is 5.36. The molecule has 3 nitrogen and oxygen atoms in total. The van der Waals surface area contributed by atoms with E-state index in [1.54, 1.807) is 25.3 Å². The van der Waals surface area contributed by atoms with Crippen LogP contribution in [0.2, 0.25) is 5.02 Å². The van der Waals surface area contributed by atoms with Gasteiger partial charge in [-0.15, -0.1) is 0 Å². The normalized spacial score (nSPS) is 10.3. The lowest BCUT2D eigenvalue weighted by Gasteiger charge is -2.13. The van der Waals surface area contributed by atoms with Crippen molar-refractivity contribution in [2.24, 2.45) is 0 Å². The van der Waals surface area contributed by atoms with Crippen molar-refractivity contribution >= 4 is 44.6 Å². The molecule has 0 radical (unpaired) electrons. The molecule has 3 N–H and O–H groups in total. The smallest absolute Gasteiger partial charge is 0.142 e. The van der Waals surface area contributed by atoms with Gasteiger partial charge in [-0.2, -0.15) is 0 Å². The van der Waals surface area contributed by atoms with Gasteiger partial charge in [0.2, 0.25) is 0 Å². The highest BCUT2D eigenvalue weighted by Crippen LogP contribution is 2.34. The molecule has 2 rings (SSSR count). The second-order valence-electron chi connectivity index (χ2n) is 3.82. The molecule has 0 aliphatic rings. The van der Waals surface area contributed by atoms with Gasteiger partial charge >= 0.3 is 0 Å². The Hall–Kier alpha value is -1.46. The number of hydrogen-bond donors (Lipinski definition) is 2. The van der Waals surface area contributed by atoms with Crippen molar-refractivity contribution < 1.29 is 9.13 Å². The molecular weight excluding hydrogens is 335 g/mol. The first-order chi connectivity index (χ1) is 9.01. The van der Waals surface area contributed by atoms with Gasteiger partial charge in [-0.3, -0.25) is 0 Å². The van der Waals surface area contributed by atoms with Crippen LogP contribution < -0.4 is 15.8 Å². The summed E-state index contributed by atoms with van der Waals surface area (Å²) in [5.41, 5.74) is 7.31. The van der Waals surface area contributed by atoms with Crippen LogP contribution in [-0.4, -0.2) is 7.11 Å². The van der Waals surface area contributed by atoms with Crippen LogP contribution in [0.15, 0.2) is 34.8 Å². The van der Waals surface area contributed by atoms with E-state index in [4.69, 9.17) is 22.1 Å². The lowest BCUT2D eigenvalue weighted by Crippen LogP contribution is -1.99. The highest BCUT2D eigenvalue weighted by Gasteiger charge is 2.09. The maximum absolute atomic E-state index is 13.5. The molecule has 0 aliphatic carbocycles. The summed E-state index contributed by atoms with van der Waals surface area (Å²) < 4.78 is 19.0. The fraction of sp³-hybridized carbons (Fsp3) is 0.0769. The number of benzene rings is 2. The first-order valence-corrected chi connectivity index (χ1v) is 6.53. The summed E-state index contributed by atoms with van der Waals surface area (Å²) in [4.78, 5) is 0. The molecule has 0 amide bonds. The van der Waals surface area contributed by atoms with Crippen LogP contribution in [0.1, 0.15) is 0 Å². The third kappa shape index (κ3) is 3.11. The molecule has 0 aromatic heterocycles. The molecule has 100 valence electrons. The quantitative estimate of drug-likeness (QED) is 0.801. The molecule has 0 fully saturated rings. The van der Waals surface area contributed by atoms with Crippen LogP contribution in [0.25, 0.3) is 0 Å². The summed E-state index contributed by atoms with van der Waals surface area (Å²) in [5.74, 6) is 0.185. The fourth-order valence-corrected chi connectivity index (χ4v) is 2.13. The standard InChI is InChI=1S/C13H11BrClFN2O/c1-19-13-3-2-7(15)4-12(13)18-11-6-9(16)8(14)5-10(11)17/h2-6,18H,17H2,1H3. The Morgan fingerprint density at radius 1 is 1.26 bits per heavy atom. The molecule has 2 aromatic carbocycles.